The van der Waals surface area contributed by atoms with Crippen molar-refractivity contribution in [2.45, 2.75) is 13.0 Å². The highest BCUT2D eigenvalue weighted by Crippen LogP contribution is 2.26. The first-order valence-corrected chi connectivity index (χ1v) is 7.28. The van der Waals surface area contributed by atoms with E-state index in [-0.39, 0.29) is 10.6 Å². The van der Waals surface area contributed by atoms with Crippen molar-refractivity contribution in [3.05, 3.63) is 40.6 Å². The maximum atomic E-state index is 11.0. The van der Waals surface area contributed by atoms with E-state index in [1.54, 1.807) is 12.1 Å². The fourth-order valence-corrected chi connectivity index (χ4v) is 2.85. The predicted molar refractivity (Wildman–Crippen MR) is 80.5 cm³/mol. The third-order valence-electron chi connectivity index (χ3n) is 3.96. The largest absolute Gasteiger partial charge is 0.379 e. The lowest BCUT2D eigenvalue weighted by Gasteiger charge is -2.26. The van der Waals surface area contributed by atoms with Crippen LogP contribution in [-0.4, -0.2) is 47.2 Å². The third-order valence-corrected chi connectivity index (χ3v) is 3.96. The molecule has 1 aromatic heterocycles. The summed E-state index contributed by atoms with van der Waals surface area (Å²) in [6.45, 7) is 5.55. The molecule has 0 saturated carbocycles. The van der Waals surface area contributed by atoms with Gasteiger partial charge in [0.2, 0.25) is 0 Å². The standard InChI is InChI=1S/C15H19N3O3/c19-18(20)15-4-1-3-14-13(15)5-8-17(14)7-2-6-16-9-11-21-12-10-16/h1,3-5,8H,2,6-7,9-12H2. The Kier molecular flexibility index (Phi) is 4.17. The average Bonchev–Trinajstić information content (AvgIpc) is 2.91. The van der Waals surface area contributed by atoms with Crippen molar-refractivity contribution in [2.24, 2.45) is 0 Å². The van der Waals surface area contributed by atoms with Crippen molar-refractivity contribution in [2.75, 3.05) is 32.8 Å². The fraction of sp³-hybridized carbons (Fsp3) is 0.467. The molecule has 0 spiro atoms. The molecule has 0 N–H and O–H groups in total. The smallest absolute Gasteiger partial charge is 0.278 e. The molecule has 1 aliphatic heterocycles. The summed E-state index contributed by atoms with van der Waals surface area (Å²) in [6, 6.07) is 7.08. The highest BCUT2D eigenvalue weighted by molar-refractivity contribution is 5.89. The van der Waals surface area contributed by atoms with Gasteiger partial charge in [-0.2, -0.15) is 0 Å². The second-order valence-electron chi connectivity index (χ2n) is 5.28. The first kappa shape index (κ1) is 14.0. The lowest BCUT2D eigenvalue weighted by molar-refractivity contribution is -0.383. The van der Waals surface area contributed by atoms with Crippen molar-refractivity contribution in [3.8, 4) is 0 Å². The summed E-state index contributed by atoms with van der Waals surface area (Å²) in [7, 11) is 0. The maximum absolute atomic E-state index is 11.0. The van der Waals surface area contributed by atoms with Crippen LogP contribution >= 0.6 is 0 Å². The molecule has 2 aromatic rings. The minimum atomic E-state index is -0.319. The molecule has 0 bridgehead atoms. The average molecular weight is 289 g/mol. The fourth-order valence-electron chi connectivity index (χ4n) is 2.85. The number of nitro groups is 1. The van der Waals surface area contributed by atoms with E-state index in [0.717, 1.165) is 51.3 Å². The van der Waals surface area contributed by atoms with Gasteiger partial charge in [-0.25, -0.2) is 0 Å². The Hall–Kier alpha value is -1.92. The molecule has 0 radical (unpaired) electrons. The molecule has 0 atom stereocenters. The van der Waals surface area contributed by atoms with E-state index in [1.807, 2.05) is 18.3 Å². The number of benzene rings is 1. The van der Waals surface area contributed by atoms with E-state index in [9.17, 15) is 10.1 Å². The number of hydrogen-bond acceptors (Lipinski definition) is 4. The van der Waals surface area contributed by atoms with Gasteiger partial charge in [0, 0.05) is 38.4 Å². The molecular weight excluding hydrogens is 270 g/mol. The van der Waals surface area contributed by atoms with Crippen molar-refractivity contribution in [1.29, 1.82) is 0 Å². The molecule has 6 heteroatoms. The summed E-state index contributed by atoms with van der Waals surface area (Å²) in [4.78, 5) is 13.1. The number of non-ortho nitro benzene ring substituents is 1. The minimum absolute atomic E-state index is 0.180. The highest BCUT2D eigenvalue weighted by atomic mass is 16.6. The highest BCUT2D eigenvalue weighted by Gasteiger charge is 2.14. The summed E-state index contributed by atoms with van der Waals surface area (Å²) < 4.78 is 7.43. The van der Waals surface area contributed by atoms with Gasteiger partial charge in [0.15, 0.2) is 0 Å². The molecule has 3 rings (SSSR count). The van der Waals surface area contributed by atoms with E-state index < -0.39 is 0 Å². The summed E-state index contributed by atoms with van der Waals surface area (Å²) in [6.07, 6.45) is 2.98. The molecule has 21 heavy (non-hydrogen) atoms. The zero-order chi connectivity index (χ0) is 14.7. The van der Waals surface area contributed by atoms with Crippen molar-refractivity contribution in [3.63, 3.8) is 0 Å². The van der Waals surface area contributed by atoms with Gasteiger partial charge in [-0.15, -0.1) is 0 Å². The molecule has 0 amide bonds. The lowest BCUT2D eigenvalue weighted by atomic mass is 10.2. The van der Waals surface area contributed by atoms with Crippen LogP contribution in [0.4, 0.5) is 5.69 Å². The molecule has 1 saturated heterocycles. The van der Waals surface area contributed by atoms with E-state index >= 15 is 0 Å². The van der Waals surface area contributed by atoms with Gasteiger partial charge in [0.25, 0.3) is 5.69 Å². The van der Waals surface area contributed by atoms with Gasteiger partial charge >= 0.3 is 0 Å². The Morgan fingerprint density at radius 3 is 2.76 bits per heavy atom. The zero-order valence-corrected chi connectivity index (χ0v) is 11.9. The molecule has 1 fully saturated rings. The molecular formula is C15H19N3O3. The molecule has 1 aliphatic rings. The molecule has 112 valence electrons. The topological polar surface area (TPSA) is 60.5 Å². The van der Waals surface area contributed by atoms with Crippen LogP contribution in [0, 0.1) is 10.1 Å². The number of nitro benzene ring substituents is 1. The summed E-state index contributed by atoms with van der Waals surface area (Å²) in [5.41, 5.74) is 1.12. The molecule has 0 aliphatic carbocycles. The van der Waals surface area contributed by atoms with Crippen LogP contribution in [-0.2, 0) is 11.3 Å². The summed E-state index contributed by atoms with van der Waals surface area (Å²) >= 11 is 0. The van der Waals surface area contributed by atoms with Crippen molar-refractivity contribution < 1.29 is 9.66 Å². The number of aromatic nitrogens is 1. The number of fused-ring (bicyclic) bond motifs is 1. The van der Waals surface area contributed by atoms with Crippen LogP contribution in [0.2, 0.25) is 0 Å². The van der Waals surface area contributed by atoms with Crippen LogP contribution in [0.15, 0.2) is 30.5 Å². The number of nitrogens with zero attached hydrogens (tertiary/aromatic N) is 3. The number of hydrogen-bond donors (Lipinski definition) is 0. The van der Waals surface area contributed by atoms with Gasteiger partial charge in [-0.3, -0.25) is 15.0 Å². The van der Waals surface area contributed by atoms with Gasteiger partial charge < -0.3 is 9.30 Å². The van der Waals surface area contributed by atoms with Crippen LogP contribution in [0.1, 0.15) is 6.42 Å². The normalized spacial score (nSPS) is 16.4. The quantitative estimate of drug-likeness (QED) is 0.626. The predicted octanol–water partition coefficient (Wildman–Crippen LogP) is 2.27. The Morgan fingerprint density at radius 2 is 2.00 bits per heavy atom. The van der Waals surface area contributed by atoms with E-state index in [1.165, 1.54) is 0 Å². The van der Waals surface area contributed by atoms with Crippen molar-refractivity contribution >= 4 is 16.6 Å². The Labute approximate surface area is 123 Å². The maximum Gasteiger partial charge on any atom is 0.278 e. The van der Waals surface area contributed by atoms with Gasteiger partial charge in [-0.05, 0) is 18.6 Å². The number of morpholine rings is 1. The Bertz CT molecular complexity index is 632. The van der Waals surface area contributed by atoms with Crippen LogP contribution in [0.5, 0.6) is 0 Å². The number of aryl methyl sites for hydroxylation is 1. The molecule has 6 nitrogen and oxygen atoms in total. The monoisotopic (exact) mass is 289 g/mol. The first-order chi connectivity index (χ1) is 10.3. The van der Waals surface area contributed by atoms with Gasteiger partial charge in [0.1, 0.15) is 0 Å². The third kappa shape index (κ3) is 3.06. The second-order valence-corrected chi connectivity index (χ2v) is 5.28. The van der Waals surface area contributed by atoms with Gasteiger partial charge in [-0.1, -0.05) is 6.07 Å². The van der Waals surface area contributed by atoms with Crippen LogP contribution in [0.25, 0.3) is 10.9 Å². The Morgan fingerprint density at radius 1 is 1.19 bits per heavy atom. The Balaban J connectivity index is 1.67. The summed E-state index contributed by atoms with van der Waals surface area (Å²) in [5.74, 6) is 0. The van der Waals surface area contributed by atoms with E-state index in [4.69, 9.17) is 4.74 Å². The number of rotatable bonds is 5. The zero-order valence-electron chi connectivity index (χ0n) is 11.9. The molecule has 1 aromatic carbocycles. The lowest BCUT2D eigenvalue weighted by Crippen LogP contribution is -2.37. The van der Waals surface area contributed by atoms with Gasteiger partial charge in [0.05, 0.1) is 29.0 Å². The van der Waals surface area contributed by atoms with Crippen LogP contribution < -0.4 is 0 Å². The molecule has 2 heterocycles. The van der Waals surface area contributed by atoms with Crippen LogP contribution in [0.3, 0.4) is 0 Å². The minimum Gasteiger partial charge on any atom is -0.379 e. The molecule has 0 unspecified atom stereocenters. The number of ether oxygens (including phenoxy) is 1. The first-order valence-electron chi connectivity index (χ1n) is 7.28. The van der Waals surface area contributed by atoms with E-state index in [2.05, 4.69) is 9.47 Å². The van der Waals surface area contributed by atoms with Crippen molar-refractivity contribution in [1.82, 2.24) is 9.47 Å². The SMILES string of the molecule is O=[N+]([O-])c1cccc2c1ccn2CCCN1CCOCC1. The second kappa shape index (κ2) is 6.24. The van der Waals surface area contributed by atoms with E-state index in [0.29, 0.717) is 5.39 Å². The summed E-state index contributed by atoms with van der Waals surface area (Å²) in [5, 5.41) is 11.7.